The monoisotopic (exact) mass is 292 g/mol. The molecule has 0 aromatic rings. The number of alkyl halides is 2. The van der Waals surface area contributed by atoms with E-state index in [2.05, 4.69) is 5.32 Å². The highest BCUT2D eigenvalue weighted by molar-refractivity contribution is 5.90. The van der Waals surface area contributed by atoms with Gasteiger partial charge in [-0.25, -0.2) is 8.78 Å². The van der Waals surface area contributed by atoms with E-state index in [1.165, 1.54) is 4.90 Å². The molecule has 0 aromatic carbocycles. The molecule has 2 unspecified atom stereocenters. The van der Waals surface area contributed by atoms with Gasteiger partial charge in [0, 0.05) is 19.5 Å². The van der Waals surface area contributed by atoms with Crippen LogP contribution < -0.4 is 5.32 Å². The summed E-state index contributed by atoms with van der Waals surface area (Å²) in [6, 6.07) is -0.537. The molecule has 20 heavy (non-hydrogen) atoms. The summed E-state index contributed by atoms with van der Waals surface area (Å²) in [7, 11) is 0. The summed E-state index contributed by atoms with van der Waals surface area (Å²) in [4.78, 5) is 25.4. The van der Waals surface area contributed by atoms with Crippen LogP contribution in [0.3, 0.4) is 0 Å². The van der Waals surface area contributed by atoms with Gasteiger partial charge in [0.05, 0.1) is 6.61 Å². The molecule has 2 atom stereocenters. The summed E-state index contributed by atoms with van der Waals surface area (Å²) in [5, 5.41) is 2.73. The number of nitrogens with one attached hydrogen (secondary N) is 1. The molecule has 1 saturated heterocycles. The fourth-order valence-electron chi connectivity index (χ4n) is 2.04. The van der Waals surface area contributed by atoms with Gasteiger partial charge < -0.3 is 15.0 Å². The quantitative estimate of drug-likeness (QED) is 0.713. The second-order valence-electron chi connectivity index (χ2n) is 4.97. The van der Waals surface area contributed by atoms with Crippen molar-refractivity contribution in [3.63, 3.8) is 0 Å². The molecule has 1 aliphatic rings. The number of amides is 2. The van der Waals surface area contributed by atoms with Crippen LogP contribution in [0.4, 0.5) is 8.78 Å². The van der Waals surface area contributed by atoms with Crippen LogP contribution in [-0.2, 0) is 14.3 Å². The van der Waals surface area contributed by atoms with Crippen molar-refractivity contribution in [2.75, 3.05) is 26.3 Å². The van der Waals surface area contributed by atoms with E-state index < -0.39 is 19.1 Å². The number of carbonyl (C=O) groups is 2. The van der Waals surface area contributed by atoms with E-state index >= 15 is 0 Å². The lowest BCUT2D eigenvalue weighted by Gasteiger charge is -2.27. The van der Waals surface area contributed by atoms with Crippen molar-refractivity contribution in [3.8, 4) is 0 Å². The van der Waals surface area contributed by atoms with Gasteiger partial charge in [-0.2, -0.15) is 0 Å². The van der Waals surface area contributed by atoms with Gasteiger partial charge in [0.1, 0.15) is 12.6 Å². The minimum absolute atomic E-state index is 0.0361. The van der Waals surface area contributed by atoms with E-state index in [1.54, 1.807) is 0 Å². The first kappa shape index (κ1) is 16.8. The Labute approximate surface area is 117 Å². The zero-order valence-corrected chi connectivity index (χ0v) is 11.9. The molecule has 7 heteroatoms. The van der Waals surface area contributed by atoms with Crippen LogP contribution >= 0.6 is 0 Å². The van der Waals surface area contributed by atoms with Crippen molar-refractivity contribution < 1.29 is 23.1 Å². The summed E-state index contributed by atoms with van der Waals surface area (Å²) in [6.45, 7) is 3.80. The number of halogens is 2. The lowest BCUT2D eigenvalue weighted by molar-refractivity contribution is -0.135. The van der Waals surface area contributed by atoms with Crippen LogP contribution in [0.15, 0.2) is 0 Å². The van der Waals surface area contributed by atoms with Gasteiger partial charge in [0.2, 0.25) is 11.8 Å². The normalized spacial score (nSPS) is 21.9. The van der Waals surface area contributed by atoms with Crippen molar-refractivity contribution >= 4 is 11.8 Å². The fourth-order valence-corrected chi connectivity index (χ4v) is 2.04. The molecule has 5 nitrogen and oxygen atoms in total. The third-order valence-electron chi connectivity index (χ3n) is 3.47. The van der Waals surface area contributed by atoms with E-state index in [1.807, 2.05) is 13.8 Å². The summed E-state index contributed by atoms with van der Waals surface area (Å²) in [5.41, 5.74) is 0. The van der Waals surface area contributed by atoms with Crippen molar-refractivity contribution in [1.82, 2.24) is 10.2 Å². The molecular formula is C13H22F2N2O3. The van der Waals surface area contributed by atoms with Crippen LogP contribution in [0.1, 0.15) is 26.7 Å². The highest BCUT2D eigenvalue weighted by Crippen LogP contribution is 2.14. The molecular weight excluding hydrogens is 270 g/mol. The zero-order valence-electron chi connectivity index (χ0n) is 11.9. The number of hydrogen-bond acceptors (Lipinski definition) is 3. The molecule has 1 aliphatic heterocycles. The standard InChI is InChI=1S/C13H22F2N2O3/c1-3-9(2)12-13(19)17(5-4-11(18)16-12)6-7-20-8-10(14)15/h9-10,12H,3-8H2,1-2H3,(H,16,18). The maximum Gasteiger partial charge on any atom is 0.261 e. The maximum absolute atomic E-state index is 12.3. The first-order valence-corrected chi connectivity index (χ1v) is 6.89. The Bertz CT molecular complexity index is 340. The summed E-state index contributed by atoms with van der Waals surface area (Å²) < 4.78 is 28.7. The minimum atomic E-state index is -2.51. The Morgan fingerprint density at radius 1 is 1.45 bits per heavy atom. The average Bonchev–Trinajstić information content (AvgIpc) is 2.54. The highest BCUT2D eigenvalue weighted by Gasteiger charge is 2.32. The fraction of sp³-hybridized carbons (Fsp3) is 0.846. The van der Waals surface area contributed by atoms with Gasteiger partial charge in [-0.05, 0) is 5.92 Å². The van der Waals surface area contributed by atoms with Gasteiger partial charge in [-0.15, -0.1) is 0 Å². The van der Waals surface area contributed by atoms with Gasteiger partial charge in [0.15, 0.2) is 0 Å². The van der Waals surface area contributed by atoms with Crippen LogP contribution in [0.25, 0.3) is 0 Å². The topological polar surface area (TPSA) is 58.6 Å². The van der Waals surface area contributed by atoms with Crippen molar-refractivity contribution in [3.05, 3.63) is 0 Å². The molecule has 116 valence electrons. The van der Waals surface area contributed by atoms with Crippen LogP contribution in [0.5, 0.6) is 0 Å². The SMILES string of the molecule is CCC(C)C1NC(=O)CCN(CCOCC(F)F)C1=O. The zero-order chi connectivity index (χ0) is 15.1. The van der Waals surface area contributed by atoms with E-state index in [4.69, 9.17) is 4.74 Å². The number of carbonyl (C=O) groups excluding carboxylic acids is 2. The van der Waals surface area contributed by atoms with Gasteiger partial charge in [-0.3, -0.25) is 9.59 Å². The average molecular weight is 292 g/mol. The molecule has 0 radical (unpaired) electrons. The predicted molar refractivity (Wildman–Crippen MR) is 69.4 cm³/mol. The molecule has 1 heterocycles. The smallest absolute Gasteiger partial charge is 0.261 e. The molecule has 1 N–H and O–H groups in total. The van der Waals surface area contributed by atoms with Crippen LogP contribution in [0, 0.1) is 5.92 Å². The van der Waals surface area contributed by atoms with Crippen LogP contribution in [0.2, 0.25) is 0 Å². The Balaban J connectivity index is 2.56. The molecule has 2 amide bonds. The molecule has 0 aliphatic carbocycles. The van der Waals surface area contributed by atoms with E-state index in [-0.39, 0.29) is 37.3 Å². The first-order chi connectivity index (χ1) is 9.45. The largest absolute Gasteiger partial charge is 0.374 e. The van der Waals surface area contributed by atoms with Crippen molar-refractivity contribution in [1.29, 1.82) is 0 Å². The minimum Gasteiger partial charge on any atom is -0.374 e. The Kier molecular flexibility index (Phi) is 6.84. The third kappa shape index (κ3) is 5.03. The van der Waals surface area contributed by atoms with E-state index in [0.717, 1.165) is 6.42 Å². The molecule has 0 saturated carbocycles. The van der Waals surface area contributed by atoms with Gasteiger partial charge in [-0.1, -0.05) is 20.3 Å². The number of rotatable bonds is 7. The molecule has 0 spiro atoms. The summed E-state index contributed by atoms with van der Waals surface area (Å²) >= 11 is 0. The number of ether oxygens (including phenoxy) is 1. The van der Waals surface area contributed by atoms with Gasteiger partial charge in [0.25, 0.3) is 6.43 Å². The molecule has 1 fully saturated rings. The Morgan fingerprint density at radius 2 is 2.15 bits per heavy atom. The second-order valence-corrected chi connectivity index (χ2v) is 4.97. The Hall–Kier alpha value is -1.24. The van der Waals surface area contributed by atoms with E-state index in [0.29, 0.717) is 6.54 Å². The summed E-state index contributed by atoms with van der Waals surface area (Å²) in [5.74, 6) is -0.278. The lowest BCUT2D eigenvalue weighted by atomic mass is 9.98. The summed E-state index contributed by atoms with van der Waals surface area (Å²) in [6.07, 6.45) is -1.51. The number of nitrogens with zero attached hydrogens (tertiary/aromatic N) is 1. The molecule has 0 bridgehead atoms. The second kappa shape index (κ2) is 8.14. The number of hydrogen-bond donors (Lipinski definition) is 1. The molecule has 0 aromatic heterocycles. The van der Waals surface area contributed by atoms with E-state index in [9.17, 15) is 18.4 Å². The van der Waals surface area contributed by atoms with Crippen molar-refractivity contribution in [2.24, 2.45) is 5.92 Å². The first-order valence-electron chi connectivity index (χ1n) is 6.89. The lowest BCUT2D eigenvalue weighted by Crippen LogP contribution is -2.49. The Morgan fingerprint density at radius 3 is 2.75 bits per heavy atom. The van der Waals surface area contributed by atoms with Gasteiger partial charge >= 0.3 is 0 Å². The molecule has 1 rings (SSSR count). The third-order valence-corrected chi connectivity index (χ3v) is 3.47. The van der Waals surface area contributed by atoms with Crippen molar-refractivity contribution in [2.45, 2.75) is 39.2 Å². The highest BCUT2D eigenvalue weighted by atomic mass is 19.3. The predicted octanol–water partition coefficient (Wildman–Crippen LogP) is 1.03. The maximum atomic E-state index is 12.3. The van der Waals surface area contributed by atoms with Crippen LogP contribution in [-0.4, -0.2) is 55.5 Å².